The van der Waals surface area contributed by atoms with Gasteiger partial charge in [-0.2, -0.15) is 0 Å². The molecule has 2 heteroatoms. The van der Waals surface area contributed by atoms with E-state index in [1.54, 1.807) is 0 Å². The van der Waals surface area contributed by atoms with Gasteiger partial charge in [0.05, 0.1) is 0 Å². The Kier molecular flexibility index (Phi) is 8.56. The summed E-state index contributed by atoms with van der Waals surface area (Å²) in [6.45, 7) is 8.07. The van der Waals surface area contributed by atoms with E-state index in [-0.39, 0.29) is 23.4 Å². The number of allylic oxidation sites excluding steroid dienone is 3. The highest BCUT2D eigenvalue weighted by Gasteiger charge is 2.30. The number of aryl methyl sites for hydroxylation is 2. The van der Waals surface area contributed by atoms with Crippen molar-refractivity contribution in [1.29, 1.82) is 0 Å². The van der Waals surface area contributed by atoms with Gasteiger partial charge in [0, 0.05) is 24.7 Å². The fourth-order valence-corrected chi connectivity index (χ4v) is 7.36. The third-order valence-corrected chi connectivity index (χ3v) is 9.66. The standard InChI is InChI=1S/C41H42O2/c1-27(2)24-39(41(43)23-21-38-35-18-10-6-14-31(35)26-32-15-7-11-19-36(32)38)28(3)40(42)22-20-37-33-16-8-4-12-29(33)25-30-13-5-9-17-34(30)37/h4-6,8-9,11-14,16-17,19,25-26,28,39H,1,7,10,15,18,20-24H2,2-3H3/t28-,39?/m0/s1. The van der Waals surface area contributed by atoms with Crippen molar-refractivity contribution in [2.24, 2.45) is 11.8 Å². The van der Waals surface area contributed by atoms with Gasteiger partial charge in [-0.1, -0.05) is 91.4 Å². The Balaban J connectivity index is 1.21. The molecule has 0 aromatic heterocycles. The number of carbonyl (C=O) groups excluding carboxylic acids is 2. The van der Waals surface area contributed by atoms with Crippen molar-refractivity contribution in [2.45, 2.75) is 71.6 Å². The van der Waals surface area contributed by atoms with Crippen molar-refractivity contribution < 1.29 is 9.59 Å². The number of hydrogen-bond donors (Lipinski definition) is 0. The lowest BCUT2D eigenvalue weighted by molar-refractivity contribution is -0.131. The lowest BCUT2D eigenvalue weighted by Gasteiger charge is -2.25. The van der Waals surface area contributed by atoms with Crippen LogP contribution in [0.2, 0.25) is 0 Å². The van der Waals surface area contributed by atoms with Crippen LogP contribution in [0.3, 0.4) is 0 Å². The number of fused-ring (bicyclic) bond motifs is 4. The number of Topliss-reactive ketones (excluding diaryl/α,β-unsaturated/α-hetero) is 2. The third-order valence-electron chi connectivity index (χ3n) is 9.66. The maximum Gasteiger partial charge on any atom is 0.137 e. The molecule has 0 aliphatic heterocycles. The van der Waals surface area contributed by atoms with Gasteiger partial charge in [0.1, 0.15) is 11.6 Å². The van der Waals surface area contributed by atoms with E-state index in [1.807, 2.05) is 13.8 Å². The van der Waals surface area contributed by atoms with Crippen LogP contribution in [-0.4, -0.2) is 11.6 Å². The quantitative estimate of drug-likeness (QED) is 0.134. The number of hydrogen-bond acceptors (Lipinski definition) is 2. The minimum absolute atomic E-state index is 0.166. The van der Waals surface area contributed by atoms with Crippen molar-refractivity contribution in [1.82, 2.24) is 0 Å². The summed E-state index contributed by atoms with van der Waals surface area (Å²) in [5.41, 5.74) is 8.99. The first-order valence-electron chi connectivity index (χ1n) is 16.0. The number of benzene rings is 4. The van der Waals surface area contributed by atoms with Crippen LogP contribution in [0.1, 0.15) is 79.3 Å². The second-order valence-electron chi connectivity index (χ2n) is 12.7. The van der Waals surface area contributed by atoms with E-state index in [0.29, 0.717) is 25.7 Å². The molecule has 0 saturated heterocycles. The Morgan fingerprint density at radius 1 is 0.791 bits per heavy atom. The van der Waals surface area contributed by atoms with Crippen LogP contribution in [0, 0.1) is 11.8 Å². The Hall–Kier alpha value is -4.04. The minimum Gasteiger partial charge on any atom is -0.299 e. The Labute approximate surface area is 256 Å². The molecule has 2 aliphatic rings. The largest absolute Gasteiger partial charge is 0.299 e. The van der Waals surface area contributed by atoms with E-state index in [0.717, 1.165) is 37.7 Å². The molecule has 4 aromatic carbocycles. The fourth-order valence-electron chi connectivity index (χ4n) is 7.36. The van der Waals surface area contributed by atoms with Gasteiger partial charge in [0.15, 0.2) is 0 Å². The zero-order valence-electron chi connectivity index (χ0n) is 25.6. The summed E-state index contributed by atoms with van der Waals surface area (Å²) in [4.78, 5) is 27.7. The molecule has 0 radical (unpaired) electrons. The Morgan fingerprint density at radius 2 is 1.42 bits per heavy atom. The SMILES string of the molecule is C=C(C)CC(C(=O)CCc1c2c(cc3c1CCC=C3)CCC=C2)[C@H](C)C(=O)CCc1c2ccccc2cc2ccccc12. The second-order valence-corrected chi connectivity index (χ2v) is 12.7. The van der Waals surface area contributed by atoms with Gasteiger partial charge in [-0.3, -0.25) is 9.59 Å². The lowest BCUT2D eigenvalue weighted by Crippen LogP contribution is -2.29. The topological polar surface area (TPSA) is 34.1 Å². The van der Waals surface area contributed by atoms with Crippen LogP contribution >= 0.6 is 0 Å². The van der Waals surface area contributed by atoms with Crippen LogP contribution in [0.5, 0.6) is 0 Å². The molecule has 2 atom stereocenters. The molecule has 0 saturated carbocycles. The summed E-state index contributed by atoms with van der Waals surface area (Å²) in [7, 11) is 0. The first-order chi connectivity index (χ1) is 20.9. The molecule has 2 nitrogen and oxygen atoms in total. The monoisotopic (exact) mass is 566 g/mol. The summed E-state index contributed by atoms with van der Waals surface area (Å²) in [6, 6.07) is 21.5. The van der Waals surface area contributed by atoms with Gasteiger partial charge in [-0.05, 0) is 113 Å². The highest BCUT2D eigenvalue weighted by molar-refractivity contribution is 6.02. The molecule has 0 spiro atoms. The normalized spacial score (nSPS) is 15.2. The van der Waals surface area contributed by atoms with E-state index in [2.05, 4.69) is 91.5 Å². The second kappa shape index (κ2) is 12.7. The first kappa shape index (κ1) is 29.1. The average molecular weight is 567 g/mol. The van der Waals surface area contributed by atoms with Crippen molar-refractivity contribution >= 4 is 45.3 Å². The maximum atomic E-state index is 13.9. The molecule has 1 unspecified atom stereocenters. The van der Waals surface area contributed by atoms with Crippen LogP contribution in [0.4, 0.5) is 0 Å². The van der Waals surface area contributed by atoms with Gasteiger partial charge >= 0.3 is 0 Å². The number of carbonyl (C=O) groups is 2. The zero-order chi connectivity index (χ0) is 29.9. The summed E-state index contributed by atoms with van der Waals surface area (Å²) in [5.74, 6) is -0.317. The van der Waals surface area contributed by atoms with E-state index in [4.69, 9.17) is 0 Å². The van der Waals surface area contributed by atoms with Crippen LogP contribution in [-0.2, 0) is 35.3 Å². The molecule has 0 N–H and O–H groups in total. The molecule has 0 heterocycles. The van der Waals surface area contributed by atoms with Gasteiger partial charge in [0.25, 0.3) is 0 Å². The molecule has 0 bridgehead atoms. The van der Waals surface area contributed by atoms with E-state index >= 15 is 0 Å². The van der Waals surface area contributed by atoms with Crippen molar-refractivity contribution in [3.63, 3.8) is 0 Å². The van der Waals surface area contributed by atoms with Gasteiger partial charge in [-0.15, -0.1) is 6.58 Å². The highest BCUT2D eigenvalue weighted by atomic mass is 16.1. The zero-order valence-corrected chi connectivity index (χ0v) is 25.6. The smallest absolute Gasteiger partial charge is 0.137 e. The van der Waals surface area contributed by atoms with E-state index in [1.165, 1.54) is 54.9 Å². The molecular weight excluding hydrogens is 524 g/mol. The molecule has 4 aromatic rings. The predicted molar refractivity (Wildman–Crippen MR) is 181 cm³/mol. The maximum absolute atomic E-state index is 13.9. The summed E-state index contributed by atoms with van der Waals surface area (Å²) < 4.78 is 0. The Bertz CT molecular complexity index is 1730. The van der Waals surface area contributed by atoms with Crippen molar-refractivity contribution in [2.75, 3.05) is 0 Å². The molecule has 43 heavy (non-hydrogen) atoms. The van der Waals surface area contributed by atoms with Gasteiger partial charge < -0.3 is 0 Å². The number of rotatable bonds is 11. The summed E-state index contributed by atoms with van der Waals surface area (Å²) >= 11 is 0. The van der Waals surface area contributed by atoms with Crippen LogP contribution in [0.25, 0.3) is 33.7 Å². The summed E-state index contributed by atoms with van der Waals surface area (Å²) in [5, 5.41) is 4.80. The Morgan fingerprint density at radius 3 is 2.14 bits per heavy atom. The summed E-state index contributed by atoms with van der Waals surface area (Å²) in [6.07, 6.45) is 16.1. The van der Waals surface area contributed by atoms with Crippen LogP contribution < -0.4 is 0 Å². The average Bonchev–Trinajstić information content (AvgIpc) is 3.03. The van der Waals surface area contributed by atoms with E-state index in [9.17, 15) is 9.59 Å². The minimum atomic E-state index is -0.341. The molecule has 0 fully saturated rings. The lowest BCUT2D eigenvalue weighted by atomic mass is 9.78. The molecular formula is C41H42O2. The predicted octanol–water partition coefficient (Wildman–Crippen LogP) is 9.83. The number of ketones is 2. The van der Waals surface area contributed by atoms with Gasteiger partial charge in [0.2, 0.25) is 0 Å². The van der Waals surface area contributed by atoms with Crippen molar-refractivity contribution in [3.05, 3.63) is 118 Å². The first-order valence-corrected chi connectivity index (χ1v) is 16.0. The van der Waals surface area contributed by atoms with Crippen molar-refractivity contribution in [3.8, 4) is 0 Å². The van der Waals surface area contributed by atoms with Crippen LogP contribution in [0.15, 0.2) is 85.0 Å². The molecule has 0 amide bonds. The molecule has 2 aliphatic carbocycles. The van der Waals surface area contributed by atoms with Gasteiger partial charge in [-0.25, -0.2) is 0 Å². The fraction of sp³-hybridized carbons (Fsp3) is 0.317. The molecule has 218 valence electrons. The molecule has 6 rings (SSSR count). The third kappa shape index (κ3) is 6.07. The highest BCUT2D eigenvalue weighted by Crippen LogP contribution is 2.35. The van der Waals surface area contributed by atoms with E-state index < -0.39 is 0 Å².